The molecule has 1 amide bonds. The van der Waals surface area contributed by atoms with Crippen molar-refractivity contribution in [3.05, 3.63) is 70.3 Å². The predicted octanol–water partition coefficient (Wildman–Crippen LogP) is 5.20. The number of hydrogen-bond donors (Lipinski definition) is 1. The molecule has 0 bridgehead atoms. The lowest BCUT2D eigenvalue weighted by Gasteiger charge is -2.45. The molecule has 1 atom stereocenters. The maximum Gasteiger partial charge on any atom is 0.252 e. The number of benzene rings is 2. The summed E-state index contributed by atoms with van der Waals surface area (Å²) in [4.78, 5) is 15.6. The molecule has 27 heavy (non-hydrogen) atoms. The molecule has 2 aromatic carbocycles. The summed E-state index contributed by atoms with van der Waals surface area (Å²) in [7, 11) is 4.22. The highest BCUT2D eigenvalue weighted by Crippen LogP contribution is 2.36. The molecule has 3 heteroatoms. The van der Waals surface area contributed by atoms with Gasteiger partial charge in [-0.1, -0.05) is 61.9 Å². The SMILES string of the molecule is CCC(CC)(C(NC(=O)c1c(C)cc(C)cc1C)c1ccccc1)N(C)C. The number of aryl methyl sites for hydroxylation is 3. The molecule has 0 saturated carbocycles. The van der Waals surface area contributed by atoms with Crippen LogP contribution < -0.4 is 5.32 Å². The largest absolute Gasteiger partial charge is 0.343 e. The van der Waals surface area contributed by atoms with E-state index in [1.54, 1.807) is 0 Å². The van der Waals surface area contributed by atoms with E-state index in [0.717, 1.165) is 35.1 Å². The third-order valence-corrected chi connectivity index (χ3v) is 5.96. The van der Waals surface area contributed by atoms with Crippen molar-refractivity contribution in [1.29, 1.82) is 0 Å². The summed E-state index contributed by atoms with van der Waals surface area (Å²) in [6.07, 6.45) is 1.89. The summed E-state index contributed by atoms with van der Waals surface area (Å²) in [5, 5.41) is 3.39. The Balaban J connectivity index is 2.52. The van der Waals surface area contributed by atoms with Crippen molar-refractivity contribution < 1.29 is 4.79 Å². The van der Waals surface area contributed by atoms with Crippen molar-refractivity contribution in [2.24, 2.45) is 0 Å². The molecule has 0 saturated heterocycles. The number of carbonyl (C=O) groups excluding carboxylic acids is 1. The quantitative estimate of drug-likeness (QED) is 0.730. The Morgan fingerprint density at radius 2 is 1.52 bits per heavy atom. The zero-order valence-electron chi connectivity index (χ0n) is 17.9. The Morgan fingerprint density at radius 3 is 1.96 bits per heavy atom. The third kappa shape index (κ3) is 4.24. The van der Waals surface area contributed by atoms with Gasteiger partial charge in [-0.05, 0) is 64.4 Å². The summed E-state index contributed by atoms with van der Waals surface area (Å²) >= 11 is 0. The van der Waals surface area contributed by atoms with Crippen molar-refractivity contribution in [3.8, 4) is 0 Å². The molecule has 0 aliphatic carbocycles. The monoisotopic (exact) mass is 366 g/mol. The molecule has 0 spiro atoms. The Kier molecular flexibility index (Phi) is 6.83. The fraction of sp³-hybridized carbons (Fsp3) is 0.458. The minimum absolute atomic E-state index is 0.00646. The Bertz CT molecular complexity index is 753. The summed E-state index contributed by atoms with van der Waals surface area (Å²) in [6.45, 7) is 10.5. The minimum Gasteiger partial charge on any atom is -0.343 e. The van der Waals surface area contributed by atoms with Crippen LogP contribution in [0.15, 0.2) is 42.5 Å². The lowest BCUT2D eigenvalue weighted by Crippen LogP contribution is -2.54. The number of amides is 1. The zero-order chi connectivity index (χ0) is 20.2. The van der Waals surface area contributed by atoms with E-state index in [4.69, 9.17) is 0 Å². The van der Waals surface area contributed by atoms with Gasteiger partial charge < -0.3 is 10.2 Å². The molecule has 3 nitrogen and oxygen atoms in total. The van der Waals surface area contributed by atoms with Crippen LogP contribution >= 0.6 is 0 Å². The standard InChI is InChI=1S/C24H34N2O/c1-8-24(9-2,26(6)7)22(20-13-11-10-12-14-20)25-23(27)21-18(4)15-17(3)16-19(21)5/h10-16,22H,8-9H2,1-7H3,(H,25,27). The summed E-state index contributed by atoms with van der Waals surface area (Å²) in [5.74, 6) is 0.00646. The topological polar surface area (TPSA) is 32.3 Å². The fourth-order valence-electron chi connectivity index (χ4n) is 4.46. The third-order valence-electron chi connectivity index (χ3n) is 5.96. The van der Waals surface area contributed by atoms with Crippen molar-refractivity contribution in [1.82, 2.24) is 10.2 Å². The smallest absolute Gasteiger partial charge is 0.252 e. The second-order valence-electron chi connectivity index (χ2n) is 7.80. The van der Waals surface area contributed by atoms with Gasteiger partial charge in [-0.2, -0.15) is 0 Å². The first-order valence-electron chi connectivity index (χ1n) is 9.87. The first-order valence-corrected chi connectivity index (χ1v) is 9.87. The molecule has 2 aromatic rings. The highest BCUT2D eigenvalue weighted by molar-refractivity contribution is 5.97. The highest BCUT2D eigenvalue weighted by Gasteiger charge is 2.40. The molecule has 1 N–H and O–H groups in total. The first-order chi connectivity index (χ1) is 12.8. The molecule has 2 rings (SSSR count). The lowest BCUT2D eigenvalue weighted by atomic mass is 9.79. The molecule has 0 aliphatic rings. The molecular weight excluding hydrogens is 332 g/mol. The van der Waals surface area contributed by atoms with Gasteiger partial charge in [0.25, 0.3) is 5.91 Å². The van der Waals surface area contributed by atoms with Crippen LogP contribution in [0.3, 0.4) is 0 Å². The predicted molar refractivity (Wildman–Crippen MR) is 114 cm³/mol. The molecule has 0 radical (unpaired) electrons. The molecular formula is C24H34N2O. The summed E-state index contributed by atoms with van der Waals surface area (Å²) in [5.41, 5.74) is 5.03. The zero-order valence-corrected chi connectivity index (χ0v) is 17.9. The van der Waals surface area contributed by atoms with Crippen molar-refractivity contribution in [3.63, 3.8) is 0 Å². The van der Waals surface area contributed by atoms with E-state index in [1.807, 2.05) is 32.0 Å². The number of rotatable bonds is 7. The van der Waals surface area contributed by atoms with Gasteiger partial charge in [-0.15, -0.1) is 0 Å². The average molecular weight is 367 g/mol. The van der Waals surface area contributed by atoms with E-state index in [9.17, 15) is 4.79 Å². The minimum atomic E-state index is -0.149. The maximum absolute atomic E-state index is 13.4. The number of likely N-dealkylation sites (N-methyl/N-ethyl adjacent to an activating group) is 1. The molecule has 0 fully saturated rings. The van der Waals surface area contributed by atoms with Gasteiger partial charge in [-0.25, -0.2) is 0 Å². The van der Waals surface area contributed by atoms with Gasteiger partial charge in [0, 0.05) is 11.1 Å². The van der Waals surface area contributed by atoms with Gasteiger partial charge in [0.2, 0.25) is 0 Å². The molecule has 146 valence electrons. The van der Waals surface area contributed by atoms with E-state index >= 15 is 0 Å². The van der Waals surface area contributed by atoms with E-state index < -0.39 is 0 Å². The average Bonchev–Trinajstić information content (AvgIpc) is 2.61. The van der Waals surface area contributed by atoms with Crippen molar-refractivity contribution in [2.75, 3.05) is 14.1 Å². The van der Waals surface area contributed by atoms with Crippen LogP contribution in [0, 0.1) is 20.8 Å². The molecule has 0 aromatic heterocycles. The Hall–Kier alpha value is -2.13. The van der Waals surface area contributed by atoms with Crippen LogP contribution in [0.25, 0.3) is 0 Å². The fourth-order valence-corrected chi connectivity index (χ4v) is 4.46. The number of carbonyl (C=O) groups is 1. The second kappa shape index (κ2) is 8.71. The lowest BCUT2D eigenvalue weighted by molar-refractivity contribution is 0.0701. The first kappa shape index (κ1) is 21.2. The second-order valence-corrected chi connectivity index (χ2v) is 7.80. The number of nitrogens with zero attached hydrogens (tertiary/aromatic N) is 1. The molecule has 1 unspecified atom stereocenters. The van der Waals surface area contributed by atoms with Crippen LogP contribution in [0.5, 0.6) is 0 Å². The van der Waals surface area contributed by atoms with Crippen LogP contribution in [-0.2, 0) is 0 Å². The normalized spacial score (nSPS) is 12.9. The van der Waals surface area contributed by atoms with E-state index in [0.29, 0.717) is 0 Å². The van der Waals surface area contributed by atoms with Crippen LogP contribution in [0.4, 0.5) is 0 Å². The Labute approximate surface area is 164 Å². The van der Waals surface area contributed by atoms with Crippen LogP contribution in [0.2, 0.25) is 0 Å². The van der Waals surface area contributed by atoms with Gasteiger partial charge in [0.1, 0.15) is 0 Å². The van der Waals surface area contributed by atoms with Gasteiger partial charge in [0.15, 0.2) is 0 Å². The molecule has 0 heterocycles. The van der Waals surface area contributed by atoms with Gasteiger partial charge in [0.05, 0.1) is 6.04 Å². The van der Waals surface area contributed by atoms with Crippen molar-refractivity contribution in [2.45, 2.75) is 59.0 Å². The van der Waals surface area contributed by atoms with E-state index in [-0.39, 0.29) is 17.5 Å². The summed E-state index contributed by atoms with van der Waals surface area (Å²) < 4.78 is 0. The summed E-state index contributed by atoms with van der Waals surface area (Å²) in [6, 6.07) is 14.4. The van der Waals surface area contributed by atoms with Crippen molar-refractivity contribution >= 4 is 5.91 Å². The number of hydrogen-bond acceptors (Lipinski definition) is 2. The van der Waals surface area contributed by atoms with Crippen LogP contribution in [-0.4, -0.2) is 30.4 Å². The maximum atomic E-state index is 13.4. The molecule has 0 aliphatic heterocycles. The Morgan fingerprint density at radius 1 is 1.00 bits per heavy atom. The van der Waals surface area contributed by atoms with Gasteiger partial charge in [-0.3, -0.25) is 4.79 Å². The van der Waals surface area contributed by atoms with Gasteiger partial charge >= 0.3 is 0 Å². The van der Waals surface area contributed by atoms with E-state index in [1.165, 1.54) is 5.56 Å². The highest BCUT2D eigenvalue weighted by atomic mass is 16.1. The number of nitrogens with one attached hydrogen (secondary N) is 1. The van der Waals surface area contributed by atoms with E-state index in [2.05, 4.69) is 69.3 Å². The van der Waals surface area contributed by atoms with Crippen LogP contribution in [0.1, 0.15) is 65.3 Å².